The molecule has 1 saturated carbocycles. The molecule has 1 aromatic heterocycles. The Morgan fingerprint density at radius 3 is 2.65 bits per heavy atom. The van der Waals surface area contributed by atoms with Crippen LogP contribution in [0.1, 0.15) is 41.3 Å². The van der Waals surface area contributed by atoms with Gasteiger partial charge in [0.2, 0.25) is 0 Å². The lowest BCUT2D eigenvalue weighted by atomic mass is 10.2. The van der Waals surface area contributed by atoms with E-state index in [0.29, 0.717) is 6.61 Å². The van der Waals surface area contributed by atoms with E-state index in [1.54, 1.807) is 0 Å². The summed E-state index contributed by atoms with van der Waals surface area (Å²) >= 11 is 1.82. The van der Waals surface area contributed by atoms with Crippen molar-refractivity contribution in [2.45, 2.75) is 52.1 Å². The fourth-order valence-electron chi connectivity index (χ4n) is 2.16. The summed E-state index contributed by atoms with van der Waals surface area (Å²) in [6.07, 6.45) is 4.71. The van der Waals surface area contributed by atoms with Crippen LogP contribution in [0.4, 0.5) is 0 Å². The van der Waals surface area contributed by atoms with Crippen molar-refractivity contribution in [2.24, 2.45) is 0 Å². The predicted molar refractivity (Wildman–Crippen MR) is 71.3 cm³/mol. The zero-order valence-electron chi connectivity index (χ0n) is 10.8. The Labute approximate surface area is 107 Å². The minimum Gasteiger partial charge on any atom is -0.396 e. The van der Waals surface area contributed by atoms with Gasteiger partial charge in [-0.25, -0.2) is 4.98 Å². The second kappa shape index (κ2) is 5.94. The maximum atomic E-state index is 8.84. The first-order valence-corrected chi connectivity index (χ1v) is 7.30. The van der Waals surface area contributed by atoms with Crippen molar-refractivity contribution in [1.29, 1.82) is 0 Å². The Morgan fingerprint density at radius 1 is 1.35 bits per heavy atom. The van der Waals surface area contributed by atoms with Gasteiger partial charge in [-0.15, -0.1) is 11.3 Å². The van der Waals surface area contributed by atoms with E-state index in [1.807, 2.05) is 11.3 Å². The first-order valence-electron chi connectivity index (χ1n) is 6.48. The molecule has 1 aromatic rings. The predicted octanol–water partition coefficient (Wildman–Crippen LogP) is 2.50. The van der Waals surface area contributed by atoms with E-state index >= 15 is 0 Å². The SMILES string of the molecule is Cc1nc(C)c(CN(CCCCO)C2CC2)s1. The molecular weight excluding hydrogens is 232 g/mol. The molecule has 0 aromatic carbocycles. The standard InChI is InChI=1S/C13H22N2OS/c1-10-13(17-11(2)14-10)9-15(12-5-6-12)7-3-4-8-16/h12,16H,3-9H2,1-2H3. The van der Waals surface area contributed by atoms with Crippen LogP contribution >= 0.6 is 11.3 Å². The summed E-state index contributed by atoms with van der Waals surface area (Å²) in [7, 11) is 0. The zero-order chi connectivity index (χ0) is 12.3. The van der Waals surface area contributed by atoms with E-state index in [-0.39, 0.29) is 0 Å². The van der Waals surface area contributed by atoms with Crippen molar-refractivity contribution in [3.05, 3.63) is 15.6 Å². The molecular formula is C13H22N2OS. The molecule has 1 aliphatic rings. The highest BCUT2D eigenvalue weighted by Gasteiger charge is 2.29. The molecule has 0 bridgehead atoms. The van der Waals surface area contributed by atoms with E-state index in [0.717, 1.165) is 32.0 Å². The normalized spacial score (nSPS) is 15.8. The van der Waals surface area contributed by atoms with E-state index in [2.05, 4.69) is 23.7 Å². The van der Waals surface area contributed by atoms with Gasteiger partial charge in [0, 0.05) is 24.1 Å². The maximum Gasteiger partial charge on any atom is 0.0900 e. The number of aryl methyl sites for hydroxylation is 2. The number of hydrogen-bond acceptors (Lipinski definition) is 4. The maximum absolute atomic E-state index is 8.84. The Bertz CT molecular complexity index is 360. The molecule has 0 saturated heterocycles. The summed E-state index contributed by atoms with van der Waals surface area (Å²) in [5, 5.41) is 10.0. The van der Waals surface area contributed by atoms with Crippen LogP contribution in [0.25, 0.3) is 0 Å². The van der Waals surface area contributed by atoms with Crippen molar-refractivity contribution in [2.75, 3.05) is 13.2 Å². The summed E-state index contributed by atoms with van der Waals surface area (Å²) < 4.78 is 0. The minimum absolute atomic E-state index is 0.317. The third-order valence-electron chi connectivity index (χ3n) is 3.26. The molecule has 0 unspecified atom stereocenters. The average Bonchev–Trinajstić information content (AvgIpc) is 3.06. The lowest BCUT2D eigenvalue weighted by molar-refractivity contribution is 0.230. The van der Waals surface area contributed by atoms with Crippen LogP contribution in [0.5, 0.6) is 0 Å². The second-order valence-electron chi connectivity index (χ2n) is 4.87. The number of nitrogens with zero attached hydrogens (tertiary/aromatic N) is 2. The van der Waals surface area contributed by atoms with Gasteiger partial charge >= 0.3 is 0 Å². The second-order valence-corrected chi connectivity index (χ2v) is 6.16. The summed E-state index contributed by atoms with van der Waals surface area (Å²) in [5.74, 6) is 0. The van der Waals surface area contributed by atoms with Crippen LogP contribution < -0.4 is 0 Å². The third-order valence-corrected chi connectivity index (χ3v) is 4.32. The van der Waals surface area contributed by atoms with E-state index in [9.17, 15) is 0 Å². The first-order chi connectivity index (χ1) is 8.20. The van der Waals surface area contributed by atoms with Crippen LogP contribution in [0.15, 0.2) is 0 Å². The number of thiazole rings is 1. The number of aliphatic hydroxyl groups excluding tert-OH is 1. The van der Waals surface area contributed by atoms with Crippen LogP contribution in [-0.4, -0.2) is 34.2 Å². The van der Waals surface area contributed by atoms with Gasteiger partial charge in [-0.2, -0.15) is 0 Å². The number of rotatable bonds is 7. The van der Waals surface area contributed by atoms with Crippen LogP contribution in [0.3, 0.4) is 0 Å². The van der Waals surface area contributed by atoms with Crippen LogP contribution in [0.2, 0.25) is 0 Å². The molecule has 0 spiro atoms. The van der Waals surface area contributed by atoms with Crippen molar-refractivity contribution >= 4 is 11.3 Å². The summed E-state index contributed by atoms with van der Waals surface area (Å²) in [6, 6.07) is 0.787. The molecule has 1 N–H and O–H groups in total. The van der Waals surface area contributed by atoms with Gasteiger partial charge in [0.05, 0.1) is 10.7 Å². The molecule has 3 nitrogen and oxygen atoms in total. The van der Waals surface area contributed by atoms with Crippen LogP contribution in [0, 0.1) is 13.8 Å². The van der Waals surface area contributed by atoms with E-state index in [1.165, 1.54) is 28.4 Å². The quantitative estimate of drug-likeness (QED) is 0.760. The monoisotopic (exact) mass is 254 g/mol. The van der Waals surface area contributed by atoms with Crippen molar-refractivity contribution in [3.63, 3.8) is 0 Å². The molecule has 2 rings (SSSR count). The van der Waals surface area contributed by atoms with Gasteiger partial charge in [-0.1, -0.05) is 0 Å². The van der Waals surface area contributed by atoms with E-state index < -0.39 is 0 Å². The Hall–Kier alpha value is -0.450. The molecule has 1 fully saturated rings. The molecule has 17 heavy (non-hydrogen) atoms. The first kappa shape index (κ1) is 13.0. The molecule has 0 radical (unpaired) electrons. The molecule has 1 heterocycles. The van der Waals surface area contributed by atoms with Crippen LogP contribution in [-0.2, 0) is 6.54 Å². The van der Waals surface area contributed by atoms with Gasteiger partial charge in [0.25, 0.3) is 0 Å². The Morgan fingerprint density at radius 2 is 2.12 bits per heavy atom. The van der Waals surface area contributed by atoms with Crippen molar-refractivity contribution in [1.82, 2.24) is 9.88 Å². The van der Waals surface area contributed by atoms with Gasteiger partial charge in [0.1, 0.15) is 0 Å². The smallest absolute Gasteiger partial charge is 0.0900 e. The Balaban J connectivity index is 1.90. The molecule has 0 aliphatic heterocycles. The molecule has 0 atom stereocenters. The van der Waals surface area contributed by atoms with Crippen molar-refractivity contribution < 1.29 is 5.11 Å². The van der Waals surface area contributed by atoms with Gasteiger partial charge in [0.15, 0.2) is 0 Å². The lowest BCUT2D eigenvalue weighted by Crippen LogP contribution is -2.26. The summed E-state index contributed by atoms with van der Waals surface area (Å²) in [5.41, 5.74) is 1.19. The number of aliphatic hydroxyl groups is 1. The van der Waals surface area contributed by atoms with Gasteiger partial charge in [-0.05, 0) is 46.1 Å². The fourth-order valence-corrected chi connectivity index (χ4v) is 3.12. The van der Waals surface area contributed by atoms with Gasteiger partial charge < -0.3 is 5.11 Å². The Kier molecular flexibility index (Phi) is 4.54. The number of unbranched alkanes of at least 4 members (excludes halogenated alkanes) is 1. The fraction of sp³-hybridized carbons (Fsp3) is 0.769. The minimum atomic E-state index is 0.317. The highest BCUT2D eigenvalue weighted by molar-refractivity contribution is 7.11. The van der Waals surface area contributed by atoms with Crippen molar-refractivity contribution in [3.8, 4) is 0 Å². The summed E-state index contributed by atoms with van der Waals surface area (Å²) in [6.45, 7) is 6.66. The lowest BCUT2D eigenvalue weighted by Gasteiger charge is -2.21. The number of hydrogen-bond donors (Lipinski definition) is 1. The van der Waals surface area contributed by atoms with Gasteiger partial charge in [-0.3, -0.25) is 4.90 Å². The topological polar surface area (TPSA) is 36.4 Å². The molecule has 0 amide bonds. The molecule has 96 valence electrons. The zero-order valence-corrected chi connectivity index (χ0v) is 11.6. The highest BCUT2D eigenvalue weighted by atomic mass is 32.1. The molecule has 4 heteroatoms. The summed E-state index contributed by atoms with van der Waals surface area (Å²) in [4.78, 5) is 8.47. The highest BCUT2D eigenvalue weighted by Crippen LogP contribution is 2.30. The largest absolute Gasteiger partial charge is 0.396 e. The third kappa shape index (κ3) is 3.76. The molecule has 1 aliphatic carbocycles. The average molecular weight is 254 g/mol. The van der Waals surface area contributed by atoms with E-state index in [4.69, 9.17) is 5.11 Å². The number of aromatic nitrogens is 1.